The molecule has 12 nitrogen and oxygen atoms in total. The van der Waals surface area contributed by atoms with Crippen LogP contribution in [0.5, 0.6) is 0 Å². The van der Waals surface area contributed by atoms with Gasteiger partial charge in [-0.15, -0.1) is 0 Å². The molecule has 312 valence electrons. The average Bonchev–Trinajstić information content (AvgIpc) is 3.15. The summed E-state index contributed by atoms with van der Waals surface area (Å²) in [5, 5.41) is 32.5. The van der Waals surface area contributed by atoms with E-state index in [1.165, 1.54) is 4.90 Å². The molecule has 2 saturated heterocycles. The summed E-state index contributed by atoms with van der Waals surface area (Å²) >= 11 is 0. The smallest absolute Gasteiger partial charge is 0.329 e. The number of ketones is 2. The predicted molar refractivity (Wildman–Crippen MR) is 207 cm³/mol. The molecule has 1 saturated carbocycles. The third-order valence-corrected chi connectivity index (χ3v) is 12.6. The molecule has 13 atom stereocenters. The maximum Gasteiger partial charge on any atom is 0.329 e. The Kier molecular flexibility index (Phi) is 16.7. The van der Waals surface area contributed by atoms with Gasteiger partial charge in [0.15, 0.2) is 0 Å². The number of rotatable bonds is 6. The zero-order valence-corrected chi connectivity index (χ0v) is 34.5. The van der Waals surface area contributed by atoms with Crippen LogP contribution in [-0.4, -0.2) is 113 Å². The van der Waals surface area contributed by atoms with Crippen LogP contribution in [0.4, 0.5) is 0 Å². The van der Waals surface area contributed by atoms with Gasteiger partial charge in [-0.2, -0.15) is 0 Å². The number of esters is 1. The molecule has 0 aromatic carbocycles. The molecule has 0 radical (unpaired) electrons. The lowest BCUT2D eigenvalue weighted by Gasteiger charge is -2.47. The highest BCUT2D eigenvalue weighted by molar-refractivity contribution is 6.39. The van der Waals surface area contributed by atoms with Gasteiger partial charge in [0.1, 0.15) is 24.0 Å². The summed E-state index contributed by atoms with van der Waals surface area (Å²) < 4.78 is 24.3. The maximum atomic E-state index is 14.2. The van der Waals surface area contributed by atoms with Gasteiger partial charge in [-0.1, -0.05) is 51.8 Å². The molecule has 0 aromatic rings. The van der Waals surface area contributed by atoms with Gasteiger partial charge in [-0.25, -0.2) is 4.79 Å². The minimum absolute atomic E-state index is 0.0386. The number of carbonyl (C=O) groups excluding carboxylic acids is 4. The molecule has 1 amide bonds. The fraction of sp³-hybridized carbons (Fsp3) is 0.814. The fourth-order valence-electron chi connectivity index (χ4n) is 9.37. The Hall–Kier alpha value is -2.48. The molecule has 3 N–H and O–H groups in total. The van der Waals surface area contributed by atoms with Crippen LogP contribution in [0.25, 0.3) is 0 Å². The van der Waals surface area contributed by atoms with Crippen molar-refractivity contribution in [3.8, 4) is 0 Å². The molecular formula is C43H69NO11. The lowest BCUT2D eigenvalue weighted by molar-refractivity contribution is -0.302. The first-order valence-corrected chi connectivity index (χ1v) is 20.8. The van der Waals surface area contributed by atoms with Crippen molar-refractivity contribution in [2.45, 2.75) is 173 Å². The van der Waals surface area contributed by atoms with E-state index >= 15 is 0 Å². The topological polar surface area (TPSA) is 169 Å². The number of cyclic esters (lactones) is 1. The Bertz CT molecular complexity index is 1400. The summed E-state index contributed by atoms with van der Waals surface area (Å²) in [6.07, 6.45) is 6.50. The number of aliphatic hydroxyl groups excluding tert-OH is 2. The third-order valence-electron chi connectivity index (χ3n) is 12.6. The van der Waals surface area contributed by atoms with Crippen LogP contribution in [0.2, 0.25) is 0 Å². The number of hydrogen-bond acceptors (Lipinski definition) is 11. The van der Waals surface area contributed by atoms with E-state index in [4.69, 9.17) is 18.9 Å². The number of nitrogens with zero attached hydrogens (tertiary/aromatic N) is 1. The van der Waals surface area contributed by atoms with E-state index in [0.717, 1.165) is 17.6 Å². The van der Waals surface area contributed by atoms with Crippen LogP contribution < -0.4 is 0 Å². The van der Waals surface area contributed by atoms with Gasteiger partial charge in [0.25, 0.3) is 11.7 Å². The van der Waals surface area contributed by atoms with Crippen molar-refractivity contribution in [1.29, 1.82) is 0 Å². The molecule has 1 aliphatic carbocycles. The monoisotopic (exact) mass is 775 g/mol. The molecular weight excluding hydrogens is 706 g/mol. The summed E-state index contributed by atoms with van der Waals surface area (Å²) in [5.74, 6) is -6.41. The van der Waals surface area contributed by atoms with Gasteiger partial charge in [0.05, 0.1) is 24.4 Å². The number of amides is 1. The summed E-state index contributed by atoms with van der Waals surface area (Å²) in [6.45, 7) is 11.8. The van der Waals surface area contributed by atoms with Crippen molar-refractivity contribution in [1.82, 2.24) is 4.90 Å². The Balaban J connectivity index is 1.74. The highest BCUT2D eigenvalue weighted by Gasteiger charge is 2.56. The van der Waals surface area contributed by atoms with Crippen molar-refractivity contribution in [2.24, 2.45) is 29.6 Å². The van der Waals surface area contributed by atoms with Crippen LogP contribution in [-0.2, 0) is 38.1 Å². The molecule has 12 heteroatoms. The molecule has 4 aliphatic rings. The van der Waals surface area contributed by atoms with E-state index in [0.29, 0.717) is 64.2 Å². The Morgan fingerprint density at radius 3 is 2.31 bits per heavy atom. The largest absolute Gasteiger partial charge is 0.456 e. The number of ether oxygens (including phenoxy) is 4. The van der Waals surface area contributed by atoms with Crippen molar-refractivity contribution < 1.29 is 53.4 Å². The fourth-order valence-corrected chi connectivity index (χ4v) is 9.37. The van der Waals surface area contributed by atoms with Gasteiger partial charge in [-0.3, -0.25) is 14.4 Å². The van der Waals surface area contributed by atoms with Crippen molar-refractivity contribution in [3.63, 3.8) is 0 Å². The number of aliphatic hydroxyl groups is 3. The first-order chi connectivity index (χ1) is 26.0. The molecule has 0 aromatic heterocycles. The van der Waals surface area contributed by atoms with Gasteiger partial charge in [0.2, 0.25) is 5.79 Å². The van der Waals surface area contributed by atoms with E-state index in [9.17, 15) is 34.5 Å². The number of allylic oxidation sites excluding steroid dienone is 3. The second kappa shape index (κ2) is 20.3. The first kappa shape index (κ1) is 45.2. The summed E-state index contributed by atoms with van der Waals surface area (Å²) in [5.41, 5.74) is 1.85. The maximum absolute atomic E-state index is 14.2. The first-order valence-electron chi connectivity index (χ1n) is 20.8. The number of hydrogen-bond donors (Lipinski definition) is 3. The van der Waals surface area contributed by atoms with Gasteiger partial charge in [0, 0.05) is 39.0 Å². The Morgan fingerprint density at radius 1 is 0.964 bits per heavy atom. The average molecular weight is 776 g/mol. The molecule has 3 heterocycles. The quantitative estimate of drug-likeness (QED) is 0.183. The van der Waals surface area contributed by atoms with E-state index in [-0.39, 0.29) is 48.8 Å². The van der Waals surface area contributed by atoms with Gasteiger partial charge in [-0.05, 0) is 108 Å². The SMILES string of the molecule is CCCC1/C=C(\C)CC(C)CC(OC)C2OC(O)(C(=O)C(=O)N3CCCCC3C(=O)OC(C(C)=CC3CCC(O)C(O)C3)C(C)CCC1=O)C(C)CC2OC. The van der Waals surface area contributed by atoms with Crippen LogP contribution in [0, 0.1) is 29.6 Å². The van der Waals surface area contributed by atoms with E-state index in [2.05, 4.69) is 19.9 Å². The van der Waals surface area contributed by atoms with Crippen LogP contribution in [0.1, 0.15) is 125 Å². The zero-order chi connectivity index (χ0) is 40.6. The summed E-state index contributed by atoms with van der Waals surface area (Å²) in [4.78, 5) is 57.7. The number of fused-ring (bicyclic) bond motifs is 3. The highest BCUT2D eigenvalue weighted by Crippen LogP contribution is 2.39. The number of piperidine rings is 1. The van der Waals surface area contributed by atoms with E-state index < -0.39 is 72.0 Å². The standard InChI is InChI=1S/C43H69NO11/c1-9-12-31-20-25(2)19-26(3)21-36(52-7)39-37(53-8)23-29(6)43(51,55-39)40(48)41(49)44-18-11-10-13-32(44)42(50)54-38(27(4)14-16-33(31)45)28(5)22-30-15-17-34(46)35(47)24-30/h20,22,26-27,29-32,34-39,46-47,51H,9-19,21,23-24H2,1-8H3/b25-20+,28-22?. The number of Topliss-reactive ketones (excluding diaryl/α,β-unsaturated/α-hetero) is 2. The number of carbonyl (C=O) groups is 4. The van der Waals surface area contributed by atoms with E-state index in [1.807, 2.05) is 26.8 Å². The normalized spacial score (nSPS) is 40.7. The molecule has 55 heavy (non-hydrogen) atoms. The summed E-state index contributed by atoms with van der Waals surface area (Å²) in [7, 11) is 3.10. The van der Waals surface area contributed by atoms with Gasteiger partial charge >= 0.3 is 5.97 Å². The van der Waals surface area contributed by atoms with E-state index in [1.54, 1.807) is 21.1 Å². The molecule has 2 bridgehead atoms. The second-order valence-electron chi connectivity index (χ2n) is 17.2. The zero-order valence-electron chi connectivity index (χ0n) is 34.5. The van der Waals surface area contributed by atoms with Crippen molar-refractivity contribution in [2.75, 3.05) is 20.8 Å². The minimum Gasteiger partial charge on any atom is -0.456 e. The predicted octanol–water partition coefficient (Wildman–Crippen LogP) is 5.24. The van der Waals surface area contributed by atoms with Crippen LogP contribution in [0.3, 0.4) is 0 Å². The Morgan fingerprint density at radius 2 is 1.65 bits per heavy atom. The van der Waals surface area contributed by atoms with Gasteiger partial charge < -0.3 is 39.2 Å². The second-order valence-corrected chi connectivity index (χ2v) is 17.2. The highest BCUT2D eigenvalue weighted by atomic mass is 16.7. The molecule has 3 fully saturated rings. The molecule has 3 aliphatic heterocycles. The summed E-state index contributed by atoms with van der Waals surface area (Å²) in [6, 6.07) is -1.06. The van der Waals surface area contributed by atoms with Crippen LogP contribution in [0.15, 0.2) is 23.3 Å². The molecule has 4 rings (SSSR count). The lowest BCUT2D eigenvalue weighted by atomic mass is 9.82. The van der Waals surface area contributed by atoms with Crippen LogP contribution >= 0.6 is 0 Å². The lowest BCUT2D eigenvalue weighted by Crippen LogP contribution is -2.64. The third kappa shape index (κ3) is 11.1. The van der Waals surface area contributed by atoms with Crippen molar-refractivity contribution >= 4 is 23.4 Å². The molecule has 13 unspecified atom stereocenters. The number of methoxy groups -OCH3 is 2. The minimum atomic E-state index is -2.47. The Labute approximate surface area is 328 Å². The van der Waals surface area contributed by atoms with Crippen molar-refractivity contribution in [3.05, 3.63) is 23.3 Å². The molecule has 0 spiro atoms.